The van der Waals surface area contributed by atoms with Gasteiger partial charge >= 0.3 is 0 Å². The van der Waals surface area contributed by atoms with Crippen LogP contribution in [0.3, 0.4) is 0 Å². The van der Waals surface area contributed by atoms with Crippen LogP contribution in [0.4, 0.5) is 11.8 Å². The van der Waals surface area contributed by atoms with Crippen molar-refractivity contribution in [3.8, 4) is 11.3 Å². The highest BCUT2D eigenvalue weighted by Crippen LogP contribution is 2.32. The largest absolute Gasteiger partial charge is 0.424 e. The van der Waals surface area contributed by atoms with Gasteiger partial charge in [0.1, 0.15) is 23.4 Å². The minimum Gasteiger partial charge on any atom is -0.424 e. The number of carbonyl (C=O) groups excluding carboxylic acids is 1. The van der Waals surface area contributed by atoms with Crippen LogP contribution in [0.5, 0.6) is 0 Å². The van der Waals surface area contributed by atoms with Crippen molar-refractivity contribution in [1.29, 1.82) is 0 Å². The van der Waals surface area contributed by atoms with E-state index in [1.165, 1.54) is 6.33 Å². The van der Waals surface area contributed by atoms with Gasteiger partial charge in [-0.1, -0.05) is 5.11 Å². The normalized spacial score (nSPS) is 11.3. The van der Waals surface area contributed by atoms with Crippen LogP contribution in [-0.4, -0.2) is 110 Å². The topological polar surface area (TPSA) is 246 Å². The zero-order chi connectivity index (χ0) is 33.1. The van der Waals surface area contributed by atoms with Crippen LogP contribution < -0.4 is 16.8 Å². The highest BCUT2D eigenvalue weighted by atomic mass is 16.6. The van der Waals surface area contributed by atoms with Gasteiger partial charge in [0.25, 0.3) is 6.01 Å². The number of oxazole rings is 1. The Kier molecular flexibility index (Phi) is 14.9. The van der Waals surface area contributed by atoms with Gasteiger partial charge in [0.15, 0.2) is 11.2 Å². The van der Waals surface area contributed by atoms with Crippen LogP contribution in [0.1, 0.15) is 19.3 Å². The average Bonchev–Trinajstić information content (AvgIpc) is 3.63. The number of aromatic nitrogens is 5. The average molecular weight is 656 g/mol. The first-order valence-electron chi connectivity index (χ1n) is 15.4. The standard InChI is InChI=1S/C29H41N11O7/c30-27-25-26(21-3-4-23-22(19-21)37-29(31)47-23)38-40(28(25)35-20-34-27)8-2-1-6-33-24(41)5-9-42-11-13-44-15-17-46-18-16-45-14-12-43-10-7-36-39-32/h3-4,19-20H,1-2,5-18H2,(H2,31,37)(H,33,41)(H2,30,34,35). The van der Waals surface area contributed by atoms with Gasteiger partial charge in [-0.15, -0.1) is 0 Å². The lowest BCUT2D eigenvalue weighted by Crippen LogP contribution is -2.26. The van der Waals surface area contributed by atoms with E-state index in [-0.39, 0.29) is 18.3 Å². The molecule has 18 heteroatoms. The predicted molar refractivity (Wildman–Crippen MR) is 172 cm³/mol. The van der Waals surface area contributed by atoms with Gasteiger partial charge in [-0.2, -0.15) is 10.1 Å². The molecule has 0 radical (unpaired) electrons. The van der Waals surface area contributed by atoms with Gasteiger partial charge < -0.3 is 44.9 Å². The summed E-state index contributed by atoms with van der Waals surface area (Å²) in [5, 5.41) is 11.7. The number of hydrogen-bond donors (Lipinski definition) is 3. The number of aryl methyl sites for hydroxylation is 1. The second-order valence-corrected chi connectivity index (χ2v) is 10.1. The number of nitrogens with two attached hydrogens (primary N) is 2. The molecule has 0 bridgehead atoms. The van der Waals surface area contributed by atoms with Crippen molar-refractivity contribution in [3.05, 3.63) is 35.0 Å². The quantitative estimate of drug-likeness (QED) is 0.0425. The summed E-state index contributed by atoms with van der Waals surface area (Å²) in [4.78, 5) is 27.6. The number of fused-ring (bicyclic) bond motifs is 2. The maximum absolute atomic E-state index is 12.2. The molecule has 3 heterocycles. The summed E-state index contributed by atoms with van der Waals surface area (Å²) >= 11 is 0. The van der Waals surface area contributed by atoms with Crippen molar-refractivity contribution in [2.24, 2.45) is 5.11 Å². The molecule has 0 saturated heterocycles. The number of carbonyl (C=O) groups is 1. The third-order valence-electron chi connectivity index (χ3n) is 6.72. The van der Waals surface area contributed by atoms with Crippen LogP contribution in [0.2, 0.25) is 0 Å². The minimum atomic E-state index is -0.0718. The van der Waals surface area contributed by atoms with E-state index in [2.05, 4.69) is 30.3 Å². The summed E-state index contributed by atoms with van der Waals surface area (Å²) in [6.45, 7) is 5.62. The van der Waals surface area contributed by atoms with Crippen molar-refractivity contribution >= 4 is 39.9 Å². The van der Waals surface area contributed by atoms with Gasteiger partial charge in [0.05, 0.1) is 71.5 Å². The lowest BCUT2D eigenvalue weighted by molar-refractivity contribution is -0.122. The van der Waals surface area contributed by atoms with E-state index in [9.17, 15) is 4.79 Å². The molecule has 18 nitrogen and oxygen atoms in total. The smallest absolute Gasteiger partial charge is 0.292 e. The van der Waals surface area contributed by atoms with Gasteiger partial charge in [-0.25, -0.2) is 14.6 Å². The number of amides is 1. The van der Waals surface area contributed by atoms with Crippen LogP contribution in [0.15, 0.2) is 34.1 Å². The molecule has 0 spiro atoms. The minimum absolute atomic E-state index is 0.0718. The summed E-state index contributed by atoms with van der Waals surface area (Å²) < 4.78 is 34.1. The van der Waals surface area contributed by atoms with Gasteiger partial charge in [-0.3, -0.25) is 4.79 Å². The van der Waals surface area contributed by atoms with Crippen molar-refractivity contribution in [2.45, 2.75) is 25.8 Å². The fourth-order valence-corrected chi connectivity index (χ4v) is 4.48. The molecule has 254 valence electrons. The van der Waals surface area contributed by atoms with Crippen LogP contribution in [0, 0.1) is 0 Å². The molecule has 1 aromatic carbocycles. The number of ether oxygens (including phenoxy) is 5. The maximum atomic E-state index is 12.2. The van der Waals surface area contributed by atoms with Crippen molar-refractivity contribution in [1.82, 2.24) is 30.0 Å². The molecule has 0 fully saturated rings. The molecule has 0 aliphatic carbocycles. The van der Waals surface area contributed by atoms with Crippen LogP contribution >= 0.6 is 0 Å². The van der Waals surface area contributed by atoms with E-state index in [1.54, 1.807) is 10.7 Å². The Hall–Kier alpha value is -4.58. The molecule has 47 heavy (non-hydrogen) atoms. The Balaban J connectivity index is 1.02. The Morgan fingerprint density at radius 2 is 1.62 bits per heavy atom. The number of rotatable bonds is 24. The second-order valence-electron chi connectivity index (χ2n) is 10.1. The Morgan fingerprint density at radius 3 is 2.32 bits per heavy atom. The van der Waals surface area contributed by atoms with Crippen LogP contribution in [-0.2, 0) is 35.0 Å². The van der Waals surface area contributed by atoms with Crippen LogP contribution in [0.25, 0.3) is 43.8 Å². The number of benzene rings is 1. The van der Waals surface area contributed by atoms with E-state index in [0.29, 0.717) is 119 Å². The maximum Gasteiger partial charge on any atom is 0.292 e. The number of unbranched alkanes of at least 4 members (excludes halogenated alkanes) is 1. The number of hydrogen-bond acceptors (Lipinski definition) is 14. The Labute approximate surface area is 270 Å². The lowest BCUT2D eigenvalue weighted by atomic mass is 10.1. The van der Waals surface area contributed by atoms with Crippen molar-refractivity contribution in [2.75, 3.05) is 90.6 Å². The van der Waals surface area contributed by atoms with E-state index >= 15 is 0 Å². The summed E-state index contributed by atoms with van der Waals surface area (Å²) in [5.41, 5.74) is 23.3. The third-order valence-corrected chi connectivity index (χ3v) is 6.72. The molecule has 4 aromatic rings. The summed E-state index contributed by atoms with van der Waals surface area (Å²) in [6, 6.07) is 5.59. The second kappa shape index (κ2) is 19.8. The molecule has 3 aromatic heterocycles. The Bertz CT molecular complexity index is 1590. The predicted octanol–water partition coefficient (Wildman–Crippen LogP) is 2.48. The molecule has 0 saturated carbocycles. The number of nitrogen functional groups attached to an aromatic ring is 2. The molecule has 1 amide bonds. The molecular weight excluding hydrogens is 614 g/mol. The first kappa shape index (κ1) is 35.3. The van der Waals surface area contributed by atoms with E-state index < -0.39 is 0 Å². The lowest BCUT2D eigenvalue weighted by Gasteiger charge is -2.08. The summed E-state index contributed by atoms with van der Waals surface area (Å²) in [7, 11) is 0. The highest BCUT2D eigenvalue weighted by Gasteiger charge is 2.18. The first-order valence-corrected chi connectivity index (χ1v) is 15.4. The summed E-state index contributed by atoms with van der Waals surface area (Å²) in [5.74, 6) is 0.265. The molecule has 5 N–H and O–H groups in total. The van der Waals surface area contributed by atoms with E-state index in [4.69, 9.17) is 50.2 Å². The molecule has 0 atom stereocenters. The van der Waals surface area contributed by atoms with Gasteiger partial charge in [-0.05, 0) is 36.6 Å². The Morgan fingerprint density at radius 1 is 0.936 bits per heavy atom. The molecule has 4 rings (SSSR count). The number of anilines is 2. The van der Waals surface area contributed by atoms with E-state index in [0.717, 1.165) is 18.4 Å². The molecule has 0 unspecified atom stereocenters. The molecule has 0 aliphatic rings. The number of azide groups is 1. The van der Waals surface area contributed by atoms with Crippen molar-refractivity contribution < 1.29 is 32.9 Å². The third kappa shape index (κ3) is 11.6. The number of nitrogens with one attached hydrogen (secondary N) is 1. The molecular formula is C29H41N11O7. The molecule has 0 aliphatic heterocycles. The highest BCUT2D eigenvalue weighted by molar-refractivity contribution is 5.99. The van der Waals surface area contributed by atoms with Gasteiger partial charge in [0, 0.05) is 36.5 Å². The zero-order valence-electron chi connectivity index (χ0n) is 26.2. The zero-order valence-corrected chi connectivity index (χ0v) is 26.2. The fourth-order valence-electron chi connectivity index (χ4n) is 4.48. The summed E-state index contributed by atoms with van der Waals surface area (Å²) in [6.07, 6.45) is 3.21. The van der Waals surface area contributed by atoms with Gasteiger partial charge in [0.2, 0.25) is 5.91 Å². The first-order chi connectivity index (χ1) is 23.1. The fraction of sp³-hybridized carbons (Fsp3) is 0.552. The monoisotopic (exact) mass is 655 g/mol. The number of nitrogens with zero attached hydrogens (tertiary/aromatic N) is 8. The SMILES string of the molecule is [N-]=[N+]=NCCOCCOCCOCCOCCOCCC(=O)NCCCCn1nc(-c2ccc3oc(N)nc3c2)c2c(N)ncnc21. The van der Waals surface area contributed by atoms with Crippen molar-refractivity contribution in [3.63, 3.8) is 0 Å². The van der Waals surface area contributed by atoms with E-state index in [1.807, 2.05) is 12.1 Å².